The summed E-state index contributed by atoms with van der Waals surface area (Å²) in [6.07, 6.45) is 27.2. The molecule has 0 radical (unpaired) electrons. The van der Waals surface area contributed by atoms with E-state index in [1.165, 1.54) is 109 Å². The zero-order valence-corrected chi connectivity index (χ0v) is 25.5. The molecule has 0 aromatic rings. The molecule has 10 heteroatoms. The van der Waals surface area contributed by atoms with Gasteiger partial charge in [-0.25, -0.2) is 9.59 Å². The minimum Gasteiger partial charge on any atom is -0.481 e. The predicted octanol–water partition coefficient (Wildman–Crippen LogP) is 5.55. The molecule has 0 aliphatic heterocycles. The molecule has 41 heavy (non-hydrogen) atoms. The Hall–Kier alpha value is -2.01. The lowest BCUT2D eigenvalue weighted by Crippen LogP contribution is -2.37. The Balaban J connectivity index is -0.000000690. The normalized spacial score (nSPS) is 11.0. The number of aliphatic hydroxyl groups excluding tert-OH is 4. The van der Waals surface area contributed by atoms with Gasteiger partial charge in [-0.05, 0) is 6.42 Å². The summed E-state index contributed by atoms with van der Waals surface area (Å²) >= 11 is 0. The van der Waals surface area contributed by atoms with Crippen LogP contribution in [0.2, 0.25) is 0 Å². The van der Waals surface area contributed by atoms with Gasteiger partial charge in [-0.3, -0.25) is 4.79 Å². The minimum absolute atomic E-state index is 0.346. The molecule has 0 atom stereocenters. The first-order chi connectivity index (χ1) is 19.6. The van der Waals surface area contributed by atoms with Gasteiger partial charge in [0.2, 0.25) is 0 Å². The largest absolute Gasteiger partial charge is 0.481 e. The molecule has 244 valence electrons. The Morgan fingerprint density at radius 1 is 0.463 bits per heavy atom. The molecule has 0 spiro atoms. The molecule has 0 saturated carbocycles. The summed E-state index contributed by atoms with van der Waals surface area (Å²) in [5.41, 5.74) is -1.11. The Bertz CT molecular complexity index is 585. The Morgan fingerprint density at radius 3 is 0.878 bits per heavy atom. The van der Waals surface area contributed by atoms with Gasteiger partial charge in [0.1, 0.15) is 0 Å². The van der Waals surface area contributed by atoms with Crippen molar-refractivity contribution in [3.63, 3.8) is 0 Å². The van der Waals surface area contributed by atoms with Gasteiger partial charge < -0.3 is 35.7 Å². The highest BCUT2D eigenvalue weighted by molar-refractivity contribution is 5.89. The van der Waals surface area contributed by atoms with Crippen LogP contribution in [-0.4, -0.2) is 80.1 Å². The molecule has 0 aromatic carbocycles. The number of hydrogen-bond acceptors (Lipinski definition) is 7. The highest BCUT2D eigenvalue weighted by Crippen LogP contribution is 2.15. The number of aliphatic hydroxyl groups is 4. The summed E-state index contributed by atoms with van der Waals surface area (Å²) in [4.78, 5) is 29.5. The van der Waals surface area contributed by atoms with Crippen molar-refractivity contribution in [2.45, 2.75) is 135 Å². The standard InChI is InChI=1S/C22H44O2.C5H12O4.C4H4O4/c1-2-3-4-5-6-7-8-9-10-11-12-13-14-15-16-17-18-19-20-21-22(23)24;6-1-5(2-7,3-8)4-9;5-3(6)1-2-4(7)8/h2-21H2,1H3,(H,23,24);6-9H,1-4H2;1-2H,(H,5,6)(H,7,8). The third-order valence-electron chi connectivity index (χ3n) is 6.70. The van der Waals surface area contributed by atoms with Crippen molar-refractivity contribution in [2.24, 2.45) is 5.41 Å². The molecule has 0 amide bonds. The van der Waals surface area contributed by atoms with Gasteiger partial charge in [-0.2, -0.15) is 0 Å². The number of carbonyl (C=O) groups is 3. The number of hydrogen-bond donors (Lipinski definition) is 7. The summed E-state index contributed by atoms with van der Waals surface area (Å²) in [5.74, 6) is -3.17. The molecule has 10 nitrogen and oxygen atoms in total. The van der Waals surface area contributed by atoms with Crippen LogP contribution < -0.4 is 0 Å². The molecule has 7 N–H and O–H groups in total. The lowest BCUT2D eigenvalue weighted by Gasteiger charge is -2.23. The van der Waals surface area contributed by atoms with Gasteiger partial charge in [0.05, 0.1) is 31.8 Å². The van der Waals surface area contributed by atoms with Gasteiger partial charge in [0.15, 0.2) is 0 Å². The average Bonchev–Trinajstić information content (AvgIpc) is 2.95. The number of carboxylic acid groups (broad SMARTS) is 3. The van der Waals surface area contributed by atoms with Crippen LogP contribution in [0.3, 0.4) is 0 Å². The first-order valence-corrected chi connectivity index (χ1v) is 15.4. The molecule has 0 unspecified atom stereocenters. The smallest absolute Gasteiger partial charge is 0.328 e. The van der Waals surface area contributed by atoms with E-state index in [-0.39, 0.29) is 0 Å². The van der Waals surface area contributed by atoms with Crippen molar-refractivity contribution in [1.29, 1.82) is 0 Å². The van der Waals surface area contributed by atoms with Crippen molar-refractivity contribution >= 4 is 17.9 Å². The van der Waals surface area contributed by atoms with Crippen LogP contribution in [0.4, 0.5) is 0 Å². The molecule has 0 heterocycles. The minimum atomic E-state index is -1.26. The van der Waals surface area contributed by atoms with Crippen LogP contribution in [0, 0.1) is 5.41 Å². The first kappa shape index (κ1) is 43.4. The van der Waals surface area contributed by atoms with Crippen LogP contribution in [0.1, 0.15) is 135 Å². The fourth-order valence-corrected chi connectivity index (χ4v) is 3.80. The quantitative estimate of drug-likeness (QED) is 0.0495. The van der Waals surface area contributed by atoms with Gasteiger partial charge >= 0.3 is 17.9 Å². The maximum absolute atomic E-state index is 10.4. The van der Waals surface area contributed by atoms with Crippen LogP contribution in [0.25, 0.3) is 0 Å². The summed E-state index contributed by atoms with van der Waals surface area (Å²) in [5, 5.41) is 58.2. The summed E-state index contributed by atoms with van der Waals surface area (Å²) in [6, 6.07) is 0. The van der Waals surface area contributed by atoms with E-state index in [9.17, 15) is 14.4 Å². The molecule has 0 rings (SSSR count). The van der Waals surface area contributed by atoms with Gasteiger partial charge in [-0.1, -0.05) is 122 Å². The predicted molar refractivity (Wildman–Crippen MR) is 161 cm³/mol. The van der Waals surface area contributed by atoms with E-state index in [1.54, 1.807) is 0 Å². The monoisotopic (exact) mass is 592 g/mol. The van der Waals surface area contributed by atoms with Crippen molar-refractivity contribution in [3.05, 3.63) is 12.2 Å². The van der Waals surface area contributed by atoms with Crippen LogP contribution in [0.5, 0.6) is 0 Å². The van der Waals surface area contributed by atoms with E-state index >= 15 is 0 Å². The second-order valence-electron chi connectivity index (χ2n) is 10.6. The van der Waals surface area contributed by atoms with Gasteiger partial charge in [0, 0.05) is 18.6 Å². The number of unbranched alkanes of at least 4 members (excludes halogenated alkanes) is 18. The lowest BCUT2D eigenvalue weighted by atomic mass is 9.93. The van der Waals surface area contributed by atoms with Crippen molar-refractivity contribution in [3.8, 4) is 0 Å². The third-order valence-corrected chi connectivity index (χ3v) is 6.70. The number of aliphatic carboxylic acids is 3. The van der Waals surface area contributed by atoms with E-state index in [0.29, 0.717) is 18.6 Å². The lowest BCUT2D eigenvalue weighted by molar-refractivity contribution is -0.137. The van der Waals surface area contributed by atoms with E-state index in [0.717, 1.165) is 12.8 Å². The second kappa shape index (κ2) is 34.2. The highest BCUT2D eigenvalue weighted by atomic mass is 16.4. The summed E-state index contributed by atoms with van der Waals surface area (Å²) in [6.45, 7) is 0.658. The number of rotatable bonds is 26. The fraction of sp³-hybridized carbons (Fsp3) is 0.839. The average molecular weight is 593 g/mol. The van der Waals surface area contributed by atoms with Crippen LogP contribution in [-0.2, 0) is 14.4 Å². The van der Waals surface area contributed by atoms with Crippen molar-refractivity contribution in [1.82, 2.24) is 0 Å². The molecule has 0 aromatic heterocycles. The molecule has 0 fully saturated rings. The first-order valence-electron chi connectivity index (χ1n) is 15.4. The van der Waals surface area contributed by atoms with E-state index in [2.05, 4.69) is 6.92 Å². The molecule has 0 aliphatic rings. The van der Waals surface area contributed by atoms with Gasteiger partial charge in [-0.15, -0.1) is 0 Å². The zero-order valence-electron chi connectivity index (χ0n) is 25.5. The Labute approximate surface area is 247 Å². The third kappa shape index (κ3) is 38.0. The summed E-state index contributed by atoms with van der Waals surface area (Å²) in [7, 11) is 0. The van der Waals surface area contributed by atoms with Crippen molar-refractivity contribution < 1.29 is 50.1 Å². The summed E-state index contributed by atoms with van der Waals surface area (Å²) < 4.78 is 0. The SMILES string of the molecule is CCCCCCCCCCCCCCCCCCCCCC(=O)O.O=C(O)C=CC(=O)O.OCC(CO)(CO)CO. The van der Waals surface area contributed by atoms with Crippen molar-refractivity contribution in [2.75, 3.05) is 26.4 Å². The van der Waals surface area contributed by atoms with E-state index in [4.69, 9.17) is 35.7 Å². The number of carboxylic acids is 3. The van der Waals surface area contributed by atoms with Crippen LogP contribution in [0.15, 0.2) is 12.2 Å². The zero-order chi connectivity index (χ0) is 31.6. The van der Waals surface area contributed by atoms with E-state index in [1.807, 2.05) is 0 Å². The maximum atomic E-state index is 10.4. The van der Waals surface area contributed by atoms with E-state index < -0.39 is 49.8 Å². The van der Waals surface area contributed by atoms with Gasteiger partial charge in [0.25, 0.3) is 0 Å². The Kier molecular flexibility index (Phi) is 36.2. The molecule has 0 bridgehead atoms. The molecule has 0 saturated heterocycles. The maximum Gasteiger partial charge on any atom is 0.328 e. The van der Waals surface area contributed by atoms with Crippen LogP contribution >= 0.6 is 0 Å². The second-order valence-corrected chi connectivity index (χ2v) is 10.6. The topological polar surface area (TPSA) is 193 Å². The Morgan fingerprint density at radius 2 is 0.707 bits per heavy atom. The highest BCUT2D eigenvalue weighted by Gasteiger charge is 2.26. The molecular weight excluding hydrogens is 532 g/mol. The molecular formula is C31H60O10. The fourth-order valence-electron chi connectivity index (χ4n) is 3.80. The molecule has 0 aliphatic carbocycles.